The minimum absolute atomic E-state index is 0.866. The molecule has 4 rings (SSSR count). The fourth-order valence-corrected chi connectivity index (χ4v) is 3.11. The number of rotatable bonds is 4. The molecule has 0 bridgehead atoms. The van der Waals surface area contributed by atoms with E-state index in [9.17, 15) is 0 Å². The van der Waals surface area contributed by atoms with Crippen molar-refractivity contribution in [3.8, 4) is 34.0 Å². The van der Waals surface area contributed by atoms with E-state index in [4.69, 9.17) is 4.74 Å². The van der Waals surface area contributed by atoms with Gasteiger partial charge in [0.25, 0.3) is 0 Å². The molecule has 0 saturated carbocycles. The first-order chi connectivity index (χ1) is 12.4. The minimum Gasteiger partial charge on any atom is -0.497 e. The van der Waals surface area contributed by atoms with Crippen molar-refractivity contribution >= 4 is 0 Å². The van der Waals surface area contributed by atoms with E-state index in [1.54, 1.807) is 7.11 Å². The lowest BCUT2D eigenvalue weighted by atomic mass is 10.1. The second kappa shape index (κ2) is 6.70. The van der Waals surface area contributed by atoms with E-state index in [1.807, 2.05) is 24.3 Å². The maximum atomic E-state index is 5.29. The van der Waals surface area contributed by atoms with Crippen molar-refractivity contribution in [3.63, 3.8) is 0 Å². The van der Waals surface area contributed by atoms with Gasteiger partial charge in [0.15, 0.2) is 0 Å². The van der Waals surface area contributed by atoms with Crippen molar-refractivity contribution in [1.82, 2.24) is 4.57 Å². The van der Waals surface area contributed by atoms with E-state index in [-0.39, 0.29) is 0 Å². The van der Waals surface area contributed by atoms with Gasteiger partial charge in [-0.3, -0.25) is 0 Å². The summed E-state index contributed by atoms with van der Waals surface area (Å²) in [6.07, 6.45) is 0. The minimum atomic E-state index is 0.866. The van der Waals surface area contributed by atoms with Crippen LogP contribution in [0, 0.1) is 0 Å². The Bertz CT molecular complexity index is 954. The molecule has 4 aromatic rings. The van der Waals surface area contributed by atoms with Crippen LogP contribution in [-0.2, 0) is 0 Å². The van der Waals surface area contributed by atoms with Crippen LogP contribution in [0.5, 0.6) is 5.75 Å². The topological polar surface area (TPSA) is 14.2 Å². The van der Waals surface area contributed by atoms with Gasteiger partial charge in [0, 0.05) is 5.69 Å². The number of para-hydroxylation sites is 1. The molecule has 0 aliphatic rings. The lowest BCUT2D eigenvalue weighted by Gasteiger charge is -2.14. The van der Waals surface area contributed by atoms with Crippen LogP contribution in [0.25, 0.3) is 28.2 Å². The molecule has 1 heterocycles. The predicted octanol–water partition coefficient (Wildman–Crippen LogP) is 5.82. The van der Waals surface area contributed by atoms with Gasteiger partial charge >= 0.3 is 0 Å². The zero-order chi connectivity index (χ0) is 17.1. The first-order valence-corrected chi connectivity index (χ1v) is 8.34. The number of methoxy groups -OCH3 is 1. The Hall–Kier alpha value is -3.26. The molecule has 3 aromatic carbocycles. The average molecular weight is 325 g/mol. The summed E-state index contributed by atoms with van der Waals surface area (Å²) in [4.78, 5) is 0. The quantitative estimate of drug-likeness (QED) is 0.461. The molecule has 25 heavy (non-hydrogen) atoms. The van der Waals surface area contributed by atoms with Crippen molar-refractivity contribution in [2.45, 2.75) is 0 Å². The molecular formula is C23H19NO. The van der Waals surface area contributed by atoms with Crippen LogP contribution in [0.2, 0.25) is 0 Å². The number of aromatic nitrogens is 1. The van der Waals surface area contributed by atoms with E-state index >= 15 is 0 Å². The van der Waals surface area contributed by atoms with Crippen molar-refractivity contribution in [3.05, 3.63) is 97.1 Å². The largest absolute Gasteiger partial charge is 0.497 e. The summed E-state index contributed by atoms with van der Waals surface area (Å²) in [6.45, 7) is 0. The molecule has 0 fully saturated rings. The van der Waals surface area contributed by atoms with Gasteiger partial charge in [-0.15, -0.1) is 0 Å². The highest BCUT2D eigenvalue weighted by Crippen LogP contribution is 2.32. The van der Waals surface area contributed by atoms with E-state index in [0.717, 1.165) is 22.7 Å². The Balaban J connectivity index is 1.91. The van der Waals surface area contributed by atoms with Crippen LogP contribution in [0.4, 0.5) is 0 Å². The summed E-state index contributed by atoms with van der Waals surface area (Å²) in [5, 5.41) is 0. The zero-order valence-electron chi connectivity index (χ0n) is 14.1. The van der Waals surface area contributed by atoms with Crippen molar-refractivity contribution in [1.29, 1.82) is 0 Å². The molecule has 2 heteroatoms. The standard InChI is InChI=1S/C23H19NO/c1-25-21-14-12-19(13-15-21)23-17-16-22(18-8-4-2-5-9-18)24(23)20-10-6-3-7-11-20/h2-17H,1H3. The van der Waals surface area contributed by atoms with Gasteiger partial charge in [0.2, 0.25) is 0 Å². The summed E-state index contributed by atoms with van der Waals surface area (Å²) < 4.78 is 7.59. The molecule has 1 aromatic heterocycles. The van der Waals surface area contributed by atoms with Crippen molar-refractivity contribution < 1.29 is 4.74 Å². The molecule has 0 atom stereocenters. The van der Waals surface area contributed by atoms with Crippen LogP contribution >= 0.6 is 0 Å². The molecule has 0 aliphatic carbocycles. The van der Waals surface area contributed by atoms with Crippen molar-refractivity contribution in [2.24, 2.45) is 0 Å². The SMILES string of the molecule is COc1ccc(-c2ccc(-c3ccccc3)n2-c2ccccc2)cc1. The maximum Gasteiger partial charge on any atom is 0.118 e. The number of benzene rings is 3. The lowest BCUT2D eigenvalue weighted by Crippen LogP contribution is -1.99. The number of hydrogen-bond donors (Lipinski definition) is 0. The van der Waals surface area contributed by atoms with Crippen LogP contribution < -0.4 is 4.74 Å². The first-order valence-electron chi connectivity index (χ1n) is 8.34. The van der Waals surface area contributed by atoms with Crippen LogP contribution in [0.3, 0.4) is 0 Å². The van der Waals surface area contributed by atoms with Gasteiger partial charge in [-0.05, 0) is 59.7 Å². The molecule has 0 amide bonds. The summed E-state index contributed by atoms with van der Waals surface area (Å²) in [6, 6.07) is 33.5. The zero-order valence-corrected chi connectivity index (χ0v) is 14.1. The first kappa shape index (κ1) is 15.3. The molecule has 0 spiro atoms. The van der Waals surface area contributed by atoms with Gasteiger partial charge in [-0.25, -0.2) is 0 Å². The molecule has 0 N–H and O–H groups in total. The second-order valence-corrected chi connectivity index (χ2v) is 5.87. The number of hydrogen-bond acceptors (Lipinski definition) is 1. The molecule has 0 aliphatic heterocycles. The third-order valence-corrected chi connectivity index (χ3v) is 4.35. The third-order valence-electron chi connectivity index (χ3n) is 4.35. The highest BCUT2D eigenvalue weighted by molar-refractivity contribution is 5.73. The maximum absolute atomic E-state index is 5.29. The monoisotopic (exact) mass is 325 g/mol. The molecule has 0 radical (unpaired) electrons. The van der Waals surface area contributed by atoms with E-state index in [2.05, 4.69) is 77.4 Å². The van der Waals surface area contributed by atoms with E-state index in [1.165, 1.54) is 11.3 Å². The predicted molar refractivity (Wildman–Crippen MR) is 103 cm³/mol. The van der Waals surface area contributed by atoms with E-state index < -0.39 is 0 Å². The van der Waals surface area contributed by atoms with E-state index in [0.29, 0.717) is 0 Å². The smallest absolute Gasteiger partial charge is 0.118 e. The molecule has 0 saturated heterocycles. The Morgan fingerprint density at radius 1 is 0.560 bits per heavy atom. The number of nitrogens with zero attached hydrogens (tertiary/aromatic N) is 1. The van der Waals surface area contributed by atoms with Gasteiger partial charge in [0.1, 0.15) is 5.75 Å². The second-order valence-electron chi connectivity index (χ2n) is 5.87. The molecule has 122 valence electrons. The summed E-state index contributed by atoms with van der Waals surface area (Å²) in [5.74, 6) is 0.866. The lowest BCUT2D eigenvalue weighted by molar-refractivity contribution is 0.415. The fraction of sp³-hybridized carbons (Fsp3) is 0.0435. The van der Waals surface area contributed by atoms with Gasteiger partial charge in [-0.2, -0.15) is 0 Å². The summed E-state index contributed by atoms with van der Waals surface area (Å²) in [7, 11) is 1.69. The number of ether oxygens (including phenoxy) is 1. The molecule has 0 unspecified atom stereocenters. The van der Waals surface area contributed by atoms with Crippen molar-refractivity contribution in [2.75, 3.05) is 7.11 Å². The van der Waals surface area contributed by atoms with Gasteiger partial charge in [-0.1, -0.05) is 48.5 Å². The molecular weight excluding hydrogens is 306 g/mol. The Kier molecular flexibility index (Phi) is 4.09. The Morgan fingerprint density at radius 2 is 1.08 bits per heavy atom. The van der Waals surface area contributed by atoms with Gasteiger partial charge in [0.05, 0.1) is 18.5 Å². The summed E-state index contributed by atoms with van der Waals surface area (Å²) >= 11 is 0. The normalized spacial score (nSPS) is 10.6. The van der Waals surface area contributed by atoms with Crippen LogP contribution in [-0.4, -0.2) is 11.7 Å². The van der Waals surface area contributed by atoms with Crippen LogP contribution in [0.1, 0.15) is 0 Å². The summed E-state index contributed by atoms with van der Waals surface area (Å²) in [5.41, 5.74) is 5.85. The Morgan fingerprint density at radius 3 is 1.64 bits per heavy atom. The average Bonchev–Trinajstić information content (AvgIpc) is 3.14. The van der Waals surface area contributed by atoms with Crippen LogP contribution in [0.15, 0.2) is 97.1 Å². The highest BCUT2D eigenvalue weighted by Gasteiger charge is 2.13. The Labute approximate surface area is 148 Å². The fourth-order valence-electron chi connectivity index (χ4n) is 3.11. The third kappa shape index (κ3) is 2.94. The van der Waals surface area contributed by atoms with Gasteiger partial charge < -0.3 is 9.30 Å². The molecule has 2 nitrogen and oxygen atoms in total. The highest BCUT2D eigenvalue weighted by atomic mass is 16.5.